The van der Waals surface area contributed by atoms with Gasteiger partial charge in [-0.15, -0.1) is 0 Å². The zero-order chi connectivity index (χ0) is 22.9. The van der Waals surface area contributed by atoms with Gasteiger partial charge in [0.25, 0.3) is 5.56 Å². The van der Waals surface area contributed by atoms with Crippen molar-refractivity contribution < 1.29 is 0 Å². The number of aryl methyl sites for hydroxylation is 2. The highest BCUT2D eigenvalue weighted by atomic mass is 16.2. The molecule has 0 atom stereocenters. The number of para-hydroxylation sites is 1. The molecule has 1 aromatic heterocycles. The van der Waals surface area contributed by atoms with Crippen molar-refractivity contribution in [2.45, 2.75) is 26.9 Å². The Morgan fingerprint density at radius 3 is 2.67 bits per heavy atom. The van der Waals surface area contributed by atoms with Crippen LogP contribution < -0.4 is 16.6 Å². The fourth-order valence-corrected chi connectivity index (χ4v) is 3.99. The number of aromatic nitrogens is 6. The van der Waals surface area contributed by atoms with Crippen LogP contribution in [0.2, 0.25) is 0 Å². The molecule has 0 saturated heterocycles. The van der Waals surface area contributed by atoms with Crippen molar-refractivity contribution in [2.75, 3.05) is 6.54 Å². The highest BCUT2D eigenvalue weighted by Crippen LogP contribution is 2.23. The number of H-pyrrole nitrogens is 1. The van der Waals surface area contributed by atoms with E-state index < -0.39 is 11.2 Å². The summed E-state index contributed by atoms with van der Waals surface area (Å²) in [6.45, 7) is 5.78. The summed E-state index contributed by atoms with van der Waals surface area (Å²) in [5.41, 5.74) is 4.80. The standard InChI is InChI=1S/C24H23N7O2/c1-15-12-18-20(13-16(15)2)30(22-21(27-18)23(32)29-24(33)28-22)11-9-25-14-17-6-3-4-7-19(17)31-10-5-8-26-31/h3-8,10,12-13,25H,9,11,14H2,1-2H3,(H,29,32,33). The first-order valence-corrected chi connectivity index (χ1v) is 10.7. The topological polar surface area (TPSA) is 110 Å². The van der Waals surface area contributed by atoms with Gasteiger partial charge in [-0.2, -0.15) is 10.1 Å². The molecule has 2 aromatic carbocycles. The van der Waals surface area contributed by atoms with Crippen molar-refractivity contribution in [3.63, 3.8) is 0 Å². The van der Waals surface area contributed by atoms with Crippen LogP contribution in [0.5, 0.6) is 0 Å². The molecule has 0 radical (unpaired) electrons. The molecule has 3 heterocycles. The molecule has 0 amide bonds. The van der Waals surface area contributed by atoms with E-state index in [9.17, 15) is 9.59 Å². The second-order valence-corrected chi connectivity index (χ2v) is 7.99. The zero-order valence-electron chi connectivity index (χ0n) is 18.4. The molecule has 0 spiro atoms. The largest absolute Gasteiger partial charge is 0.349 e. The van der Waals surface area contributed by atoms with Gasteiger partial charge in [0, 0.05) is 32.0 Å². The summed E-state index contributed by atoms with van der Waals surface area (Å²) >= 11 is 0. The van der Waals surface area contributed by atoms with Crippen molar-refractivity contribution in [2.24, 2.45) is 0 Å². The predicted octanol–water partition coefficient (Wildman–Crippen LogP) is 2.18. The number of hydrogen-bond donors (Lipinski definition) is 2. The Balaban J connectivity index is 1.46. The molecule has 0 fully saturated rings. The number of nitrogens with one attached hydrogen (secondary N) is 2. The van der Waals surface area contributed by atoms with Crippen molar-refractivity contribution in [3.8, 4) is 17.2 Å². The maximum absolute atomic E-state index is 12.4. The van der Waals surface area contributed by atoms with Crippen LogP contribution in [0, 0.1) is 13.8 Å². The molecule has 3 aromatic rings. The Hall–Kier alpha value is -4.11. The van der Waals surface area contributed by atoms with Crippen LogP contribution in [0.4, 0.5) is 0 Å². The van der Waals surface area contributed by atoms with Gasteiger partial charge in [-0.05, 0) is 54.8 Å². The number of fused-ring (bicyclic) bond motifs is 2. The summed E-state index contributed by atoms with van der Waals surface area (Å²) in [5.74, 6) is 0.290. The molecule has 2 aliphatic heterocycles. The highest BCUT2D eigenvalue weighted by Gasteiger charge is 2.19. The van der Waals surface area contributed by atoms with Gasteiger partial charge < -0.3 is 9.88 Å². The lowest BCUT2D eigenvalue weighted by atomic mass is 10.1. The Kier molecular flexibility index (Phi) is 5.31. The Morgan fingerprint density at radius 1 is 1.03 bits per heavy atom. The van der Waals surface area contributed by atoms with Gasteiger partial charge in [0.1, 0.15) is 0 Å². The average Bonchev–Trinajstić information content (AvgIpc) is 3.33. The van der Waals surface area contributed by atoms with E-state index in [1.54, 1.807) is 6.20 Å². The molecule has 0 aliphatic carbocycles. The third kappa shape index (κ3) is 3.94. The minimum atomic E-state index is -0.674. The van der Waals surface area contributed by atoms with Gasteiger partial charge in [-0.25, -0.2) is 14.5 Å². The van der Waals surface area contributed by atoms with Gasteiger partial charge in [-0.1, -0.05) is 18.2 Å². The minimum absolute atomic E-state index is 0.161. The van der Waals surface area contributed by atoms with Crippen molar-refractivity contribution in [1.29, 1.82) is 0 Å². The molecule has 0 saturated carbocycles. The van der Waals surface area contributed by atoms with Gasteiger partial charge in [0.2, 0.25) is 0 Å². The van der Waals surface area contributed by atoms with E-state index in [-0.39, 0.29) is 5.69 Å². The van der Waals surface area contributed by atoms with Gasteiger partial charge >= 0.3 is 5.69 Å². The third-order valence-electron chi connectivity index (χ3n) is 5.79. The van der Waals surface area contributed by atoms with Gasteiger partial charge in [0.05, 0.1) is 16.7 Å². The molecule has 0 unspecified atom stereocenters. The number of hydrogen-bond acceptors (Lipinski definition) is 6. The molecule has 9 nitrogen and oxygen atoms in total. The van der Waals surface area contributed by atoms with E-state index >= 15 is 0 Å². The number of rotatable bonds is 6. The van der Waals surface area contributed by atoms with E-state index in [0.29, 0.717) is 31.0 Å². The van der Waals surface area contributed by atoms with Gasteiger partial charge in [-0.3, -0.25) is 9.78 Å². The normalized spacial score (nSPS) is 11.5. The summed E-state index contributed by atoms with van der Waals surface area (Å²) in [6, 6.07) is 13.9. The van der Waals surface area contributed by atoms with E-state index in [4.69, 9.17) is 0 Å². The summed E-state index contributed by atoms with van der Waals surface area (Å²) in [5, 5.41) is 7.79. The van der Waals surface area contributed by atoms with E-state index in [0.717, 1.165) is 27.9 Å². The Labute approximate surface area is 189 Å². The first kappa shape index (κ1) is 20.8. The predicted molar refractivity (Wildman–Crippen MR) is 126 cm³/mol. The second-order valence-electron chi connectivity index (χ2n) is 7.99. The van der Waals surface area contributed by atoms with Crippen molar-refractivity contribution in [3.05, 3.63) is 92.4 Å². The van der Waals surface area contributed by atoms with Crippen LogP contribution in [0.3, 0.4) is 0 Å². The van der Waals surface area contributed by atoms with Crippen LogP contribution in [-0.2, 0) is 13.1 Å². The summed E-state index contributed by atoms with van der Waals surface area (Å²) in [6.07, 6.45) is 3.67. The SMILES string of the molecule is Cc1cc2nc3c(=O)[nH]c(=O)nc-3n(CCNCc3ccccc3-n3cccn3)c2cc1C. The molecule has 9 heteroatoms. The third-order valence-corrected chi connectivity index (χ3v) is 5.79. The molecular weight excluding hydrogens is 418 g/mol. The van der Waals surface area contributed by atoms with Crippen LogP contribution in [0.1, 0.15) is 16.7 Å². The van der Waals surface area contributed by atoms with Crippen LogP contribution in [0.25, 0.3) is 28.2 Å². The molecular formula is C24H23N7O2. The first-order chi connectivity index (χ1) is 16.0. The molecule has 5 rings (SSSR count). The lowest BCUT2D eigenvalue weighted by Gasteiger charge is -2.18. The fourth-order valence-electron chi connectivity index (χ4n) is 3.99. The van der Waals surface area contributed by atoms with E-state index in [2.05, 4.69) is 31.4 Å². The van der Waals surface area contributed by atoms with Crippen molar-refractivity contribution in [1.82, 2.24) is 34.6 Å². The fraction of sp³-hybridized carbons (Fsp3) is 0.208. The quantitative estimate of drug-likeness (QED) is 0.309. The number of nitrogens with zero attached hydrogens (tertiary/aromatic N) is 5. The first-order valence-electron chi connectivity index (χ1n) is 10.7. The average molecular weight is 441 g/mol. The molecule has 33 heavy (non-hydrogen) atoms. The zero-order valence-corrected chi connectivity index (χ0v) is 18.4. The summed E-state index contributed by atoms with van der Waals surface area (Å²) < 4.78 is 3.74. The number of benzene rings is 2. The van der Waals surface area contributed by atoms with E-state index in [1.807, 2.05) is 65.7 Å². The Morgan fingerprint density at radius 2 is 1.85 bits per heavy atom. The smallest absolute Gasteiger partial charge is 0.321 e. The summed E-state index contributed by atoms with van der Waals surface area (Å²) in [7, 11) is 0. The van der Waals surface area contributed by atoms with Gasteiger partial charge in [0.15, 0.2) is 11.5 Å². The van der Waals surface area contributed by atoms with Crippen LogP contribution >= 0.6 is 0 Å². The Bertz CT molecular complexity index is 1530. The minimum Gasteiger partial charge on any atom is -0.321 e. The van der Waals surface area contributed by atoms with Crippen molar-refractivity contribution >= 4 is 11.0 Å². The van der Waals surface area contributed by atoms with Crippen LogP contribution in [0.15, 0.2) is 64.4 Å². The second kappa shape index (κ2) is 8.44. The van der Waals surface area contributed by atoms with Crippen LogP contribution in [-0.4, -0.2) is 35.8 Å². The number of aromatic amines is 1. The molecule has 2 aliphatic rings. The maximum Gasteiger partial charge on any atom is 0.349 e. The molecule has 0 bridgehead atoms. The maximum atomic E-state index is 12.4. The molecule has 2 N–H and O–H groups in total. The summed E-state index contributed by atoms with van der Waals surface area (Å²) in [4.78, 5) is 35.2. The monoisotopic (exact) mass is 441 g/mol. The molecule has 166 valence electrons. The van der Waals surface area contributed by atoms with E-state index in [1.165, 1.54) is 0 Å². The lowest BCUT2D eigenvalue weighted by Crippen LogP contribution is -2.30. The lowest BCUT2D eigenvalue weighted by molar-refractivity contribution is 0.601. The highest BCUT2D eigenvalue weighted by molar-refractivity contribution is 5.81.